The van der Waals surface area contributed by atoms with Crippen molar-refractivity contribution in [3.05, 3.63) is 54.4 Å². The maximum Gasteiger partial charge on any atom is 0.0947 e. The molecule has 0 fully saturated rings. The predicted octanol–water partition coefficient (Wildman–Crippen LogP) is 6.82. The van der Waals surface area contributed by atoms with Gasteiger partial charge in [0.1, 0.15) is 0 Å². The number of alkyl halides is 1. The molecule has 0 radical (unpaired) electrons. The molecule has 0 aliphatic rings. The minimum Gasteiger partial charge on any atom is -0.138 e. The highest BCUT2D eigenvalue weighted by Crippen LogP contribution is 2.43. The molecule has 2 aromatic heterocycles. The second kappa shape index (κ2) is 5.25. The first kappa shape index (κ1) is 13.1. The van der Waals surface area contributed by atoms with E-state index in [0.29, 0.717) is 0 Å². The molecule has 0 aliphatic carbocycles. The fraction of sp³-hybridized carbons (Fsp3) is 0.0769. The summed E-state index contributed by atoms with van der Waals surface area (Å²) in [6.45, 7) is 0. The number of halogens is 3. The average Bonchev–Trinajstić information content (AvgIpc) is 2.91. The molecule has 2 heterocycles. The third kappa shape index (κ3) is 2.41. The molecule has 18 heavy (non-hydrogen) atoms. The lowest BCUT2D eigenvalue weighted by Gasteiger charge is -2.05. The van der Waals surface area contributed by atoms with E-state index >= 15 is 0 Å². The third-order valence-electron chi connectivity index (χ3n) is 2.65. The van der Waals surface area contributed by atoms with E-state index in [1.54, 1.807) is 22.7 Å². The number of thiophene rings is 2. The van der Waals surface area contributed by atoms with Crippen LogP contribution in [0.25, 0.3) is 10.1 Å². The fourth-order valence-electron chi connectivity index (χ4n) is 1.81. The molecule has 5 heteroatoms. The SMILES string of the molecule is ClC(c1cc2ccccc2s1)c1cc(Br)sc1Br. The van der Waals surface area contributed by atoms with Crippen LogP contribution in [-0.4, -0.2) is 0 Å². The molecule has 0 aliphatic heterocycles. The van der Waals surface area contributed by atoms with Crippen LogP contribution >= 0.6 is 66.1 Å². The van der Waals surface area contributed by atoms with Crippen LogP contribution < -0.4 is 0 Å². The number of hydrogen-bond acceptors (Lipinski definition) is 2. The van der Waals surface area contributed by atoms with Gasteiger partial charge in [0, 0.05) is 15.1 Å². The lowest BCUT2D eigenvalue weighted by Crippen LogP contribution is -1.87. The Morgan fingerprint density at radius 2 is 1.83 bits per heavy atom. The van der Waals surface area contributed by atoms with E-state index in [1.807, 2.05) is 0 Å². The molecule has 0 nitrogen and oxygen atoms in total. The molecule has 0 N–H and O–H groups in total. The van der Waals surface area contributed by atoms with Gasteiger partial charge in [0.05, 0.1) is 12.9 Å². The van der Waals surface area contributed by atoms with Crippen LogP contribution in [0.4, 0.5) is 0 Å². The molecule has 0 amide bonds. The topological polar surface area (TPSA) is 0 Å². The summed E-state index contributed by atoms with van der Waals surface area (Å²) in [5.74, 6) is 0. The second-order valence-corrected chi connectivity index (χ2v) is 9.13. The zero-order valence-electron chi connectivity index (χ0n) is 8.99. The monoisotopic (exact) mass is 420 g/mol. The zero-order chi connectivity index (χ0) is 12.7. The lowest BCUT2D eigenvalue weighted by molar-refractivity contribution is 1.19. The van der Waals surface area contributed by atoms with Gasteiger partial charge in [-0.1, -0.05) is 18.2 Å². The Morgan fingerprint density at radius 1 is 1.06 bits per heavy atom. The molecule has 1 atom stereocenters. The van der Waals surface area contributed by atoms with Crippen molar-refractivity contribution >= 4 is 76.2 Å². The van der Waals surface area contributed by atoms with Crippen LogP contribution in [0, 0.1) is 0 Å². The van der Waals surface area contributed by atoms with E-state index in [2.05, 4.69) is 68.3 Å². The molecule has 3 aromatic rings. The Labute approximate surface area is 135 Å². The van der Waals surface area contributed by atoms with E-state index in [-0.39, 0.29) is 5.38 Å². The first-order chi connectivity index (χ1) is 8.65. The third-order valence-corrected chi connectivity index (χ3v) is 6.82. The number of rotatable bonds is 2. The molecule has 0 saturated heterocycles. The van der Waals surface area contributed by atoms with Gasteiger partial charge in [-0.3, -0.25) is 0 Å². The van der Waals surface area contributed by atoms with Crippen molar-refractivity contribution in [2.75, 3.05) is 0 Å². The fourth-order valence-corrected chi connectivity index (χ4v) is 6.34. The molecular weight excluding hydrogens is 416 g/mol. The van der Waals surface area contributed by atoms with Gasteiger partial charge in [-0.15, -0.1) is 34.3 Å². The van der Waals surface area contributed by atoms with Crippen LogP contribution in [0.2, 0.25) is 0 Å². The van der Waals surface area contributed by atoms with E-state index in [4.69, 9.17) is 11.6 Å². The normalized spacial score (nSPS) is 13.1. The quantitative estimate of drug-likeness (QED) is 0.398. The van der Waals surface area contributed by atoms with Gasteiger partial charge in [-0.2, -0.15) is 0 Å². The average molecular weight is 423 g/mol. The molecule has 3 rings (SSSR count). The number of hydrogen-bond donors (Lipinski definition) is 0. The van der Waals surface area contributed by atoms with Crippen LogP contribution in [0.5, 0.6) is 0 Å². The maximum absolute atomic E-state index is 6.59. The molecular formula is C13H7Br2ClS2. The van der Waals surface area contributed by atoms with Gasteiger partial charge in [0.15, 0.2) is 0 Å². The molecule has 0 bridgehead atoms. The Hall–Kier alpha value is 0.130. The van der Waals surface area contributed by atoms with Gasteiger partial charge in [0.2, 0.25) is 0 Å². The van der Waals surface area contributed by atoms with Gasteiger partial charge in [-0.25, -0.2) is 0 Å². The smallest absolute Gasteiger partial charge is 0.0947 e. The molecule has 0 spiro atoms. The van der Waals surface area contributed by atoms with E-state index in [1.165, 1.54) is 15.0 Å². The van der Waals surface area contributed by atoms with E-state index in [0.717, 1.165) is 13.1 Å². The van der Waals surface area contributed by atoms with Crippen molar-refractivity contribution in [3.63, 3.8) is 0 Å². The minimum atomic E-state index is -0.0978. The van der Waals surface area contributed by atoms with Gasteiger partial charge < -0.3 is 0 Å². The summed E-state index contributed by atoms with van der Waals surface area (Å²) in [7, 11) is 0. The van der Waals surface area contributed by atoms with Crippen molar-refractivity contribution in [1.29, 1.82) is 0 Å². The van der Waals surface area contributed by atoms with E-state index < -0.39 is 0 Å². The number of fused-ring (bicyclic) bond motifs is 1. The first-order valence-electron chi connectivity index (χ1n) is 5.22. The Bertz CT molecular complexity index is 669. The van der Waals surface area contributed by atoms with Crippen LogP contribution in [0.3, 0.4) is 0 Å². The Balaban J connectivity index is 2.06. The molecule has 92 valence electrons. The van der Waals surface area contributed by atoms with Crippen LogP contribution in [-0.2, 0) is 0 Å². The standard InChI is InChI=1S/C13H7Br2ClS2/c14-11-6-8(13(15)18-11)12(16)10-5-7-3-1-2-4-9(7)17-10/h1-6,12H. The summed E-state index contributed by atoms with van der Waals surface area (Å²) in [6, 6.07) is 12.6. The molecule has 1 unspecified atom stereocenters. The van der Waals surface area contributed by atoms with Gasteiger partial charge in [0.25, 0.3) is 0 Å². The summed E-state index contributed by atoms with van der Waals surface area (Å²) >= 11 is 17.1. The van der Waals surface area contributed by atoms with Crippen molar-refractivity contribution in [1.82, 2.24) is 0 Å². The summed E-state index contributed by atoms with van der Waals surface area (Å²) in [6.07, 6.45) is 0. The molecule has 1 aromatic carbocycles. The zero-order valence-corrected chi connectivity index (χ0v) is 14.6. The van der Waals surface area contributed by atoms with Crippen molar-refractivity contribution in [3.8, 4) is 0 Å². The van der Waals surface area contributed by atoms with E-state index in [9.17, 15) is 0 Å². The van der Waals surface area contributed by atoms with Crippen LogP contribution in [0.15, 0.2) is 44.0 Å². The summed E-state index contributed by atoms with van der Waals surface area (Å²) in [5, 5.41) is 1.16. The number of benzene rings is 1. The van der Waals surface area contributed by atoms with Gasteiger partial charge >= 0.3 is 0 Å². The second-order valence-electron chi connectivity index (χ2n) is 3.83. The predicted molar refractivity (Wildman–Crippen MR) is 89.2 cm³/mol. The summed E-state index contributed by atoms with van der Waals surface area (Å²) in [5.41, 5.74) is 1.13. The Morgan fingerprint density at radius 3 is 2.50 bits per heavy atom. The van der Waals surface area contributed by atoms with Gasteiger partial charge in [-0.05, 0) is 55.4 Å². The maximum atomic E-state index is 6.59. The minimum absolute atomic E-state index is 0.0978. The highest BCUT2D eigenvalue weighted by atomic mass is 79.9. The molecule has 0 saturated carbocycles. The highest BCUT2D eigenvalue weighted by Gasteiger charge is 2.18. The summed E-state index contributed by atoms with van der Waals surface area (Å²) < 4.78 is 3.46. The first-order valence-corrected chi connectivity index (χ1v) is 8.88. The highest BCUT2D eigenvalue weighted by molar-refractivity contribution is 9.12. The largest absolute Gasteiger partial charge is 0.138 e. The van der Waals surface area contributed by atoms with Crippen molar-refractivity contribution in [2.45, 2.75) is 5.38 Å². The van der Waals surface area contributed by atoms with Crippen molar-refractivity contribution in [2.24, 2.45) is 0 Å². The Kier molecular flexibility index (Phi) is 3.83. The summed E-state index contributed by atoms with van der Waals surface area (Å²) in [4.78, 5) is 1.18. The van der Waals surface area contributed by atoms with Crippen molar-refractivity contribution < 1.29 is 0 Å². The lowest BCUT2D eigenvalue weighted by atomic mass is 10.2. The van der Waals surface area contributed by atoms with Crippen LogP contribution in [0.1, 0.15) is 15.8 Å².